The van der Waals surface area contributed by atoms with Crippen molar-refractivity contribution < 1.29 is 118 Å². The predicted molar refractivity (Wildman–Crippen MR) is 56.9 cm³/mol. The third kappa shape index (κ3) is 5.06. The second-order valence-electron chi connectivity index (χ2n) is 3.79. The summed E-state index contributed by atoms with van der Waals surface area (Å²) in [5.74, 6) is -4.74. The quantitative estimate of drug-likeness (QED) is 0.517. The van der Waals surface area contributed by atoms with Gasteiger partial charge in [0.25, 0.3) is 0 Å². The average molecular weight is 326 g/mol. The molecule has 96 valence electrons. The van der Waals surface area contributed by atoms with Crippen LogP contribution in [0.5, 0.6) is 0 Å². The molecule has 0 aliphatic heterocycles. The minimum atomic E-state index is -1.67. The molecular formula is C13H5Na3O6. The Labute approximate surface area is 191 Å². The fraction of sp³-hybridized carbons (Fsp3) is 0. The number of benzene rings is 2. The Hall–Kier alpha value is 0.110. The van der Waals surface area contributed by atoms with E-state index in [1.165, 1.54) is 18.2 Å². The van der Waals surface area contributed by atoms with Crippen LogP contribution < -0.4 is 104 Å². The van der Waals surface area contributed by atoms with Crippen LogP contribution in [0.15, 0.2) is 30.3 Å². The zero-order chi connectivity index (χ0) is 14.2. The average Bonchev–Trinajstić information content (AvgIpc) is 2.35. The fourth-order valence-corrected chi connectivity index (χ4v) is 1.85. The van der Waals surface area contributed by atoms with Gasteiger partial charge in [0.15, 0.2) is 0 Å². The van der Waals surface area contributed by atoms with E-state index in [4.69, 9.17) is 0 Å². The molecule has 0 atom stereocenters. The van der Waals surface area contributed by atoms with Crippen LogP contribution in [0, 0.1) is 0 Å². The number of fused-ring (bicyclic) bond motifs is 1. The summed E-state index contributed by atoms with van der Waals surface area (Å²) < 4.78 is 0. The third-order valence-electron chi connectivity index (χ3n) is 2.68. The monoisotopic (exact) mass is 326 g/mol. The molecule has 0 heterocycles. The Bertz CT molecular complexity index is 729. The van der Waals surface area contributed by atoms with E-state index in [0.29, 0.717) is 0 Å². The third-order valence-corrected chi connectivity index (χ3v) is 2.68. The number of carbonyl (C=O) groups excluding carboxylic acids is 3. The van der Waals surface area contributed by atoms with Crippen LogP contribution in [0.3, 0.4) is 0 Å². The number of carbonyl (C=O) groups is 3. The molecule has 0 aromatic heterocycles. The van der Waals surface area contributed by atoms with Crippen LogP contribution in [0.1, 0.15) is 31.1 Å². The molecule has 0 N–H and O–H groups in total. The molecule has 22 heavy (non-hydrogen) atoms. The van der Waals surface area contributed by atoms with Gasteiger partial charge < -0.3 is 29.7 Å². The first-order valence-electron chi connectivity index (χ1n) is 5.12. The summed E-state index contributed by atoms with van der Waals surface area (Å²) in [7, 11) is 0. The zero-order valence-electron chi connectivity index (χ0n) is 12.3. The Kier molecular flexibility index (Phi) is 11.2. The van der Waals surface area contributed by atoms with Gasteiger partial charge in [-0.15, -0.1) is 0 Å². The summed E-state index contributed by atoms with van der Waals surface area (Å²) in [5, 5.41) is 32.9. The summed E-state index contributed by atoms with van der Waals surface area (Å²) in [5.41, 5.74) is -1.20. The van der Waals surface area contributed by atoms with Crippen LogP contribution in [0.2, 0.25) is 0 Å². The molecule has 0 unspecified atom stereocenters. The van der Waals surface area contributed by atoms with Gasteiger partial charge in [-0.05, 0) is 22.4 Å². The molecule has 6 nitrogen and oxygen atoms in total. The van der Waals surface area contributed by atoms with Crippen molar-refractivity contribution in [3.63, 3.8) is 0 Å². The number of rotatable bonds is 3. The minimum Gasteiger partial charge on any atom is -0.545 e. The molecule has 0 aliphatic rings. The van der Waals surface area contributed by atoms with E-state index in [0.717, 1.165) is 12.1 Å². The van der Waals surface area contributed by atoms with Crippen LogP contribution in [-0.4, -0.2) is 17.9 Å². The molecule has 0 spiro atoms. The molecule has 0 aliphatic carbocycles. The summed E-state index contributed by atoms with van der Waals surface area (Å²) in [6.07, 6.45) is 0. The summed E-state index contributed by atoms with van der Waals surface area (Å²) in [4.78, 5) is 32.6. The Morgan fingerprint density at radius 1 is 0.727 bits per heavy atom. The van der Waals surface area contributed by atoms with Crippen molar-refractivity contribution in [1.82, 2.24) is 0 Å². The van der Waals surface area contributed by atoms with Crippen molar-refractivity contribution in [2.45, 2.75) is 0 Å². The number of hydrogen-bond acceptors (Lipinski definition) is 6. The molecule has 2 aromatic rings. The Morgan fingerprint density at radius 2 is 1.32 bits per heavy atom. The van der Waals surface area contributed by atoms with Crippen molar-refractivity contribution in [1.29, 1.82) is 0 Å². The van der Waals surface area contributed by atoms with Crippen LogP contribution in [-0.2, 0) is 0 Å². The van der Waals surface area contributed by atoms with Gasteiger partial charge in [0.1, 0.15) is 0 Å². The summed E-state index contributed by atoms with van der Waals surface area (Å²) in [6.45, 7) is 0. The molecule has 0 radical (unpaired) electrons. The molecule has 0 saturated heterocycles. The van der Waals surface area contributed by atoms with Gasteiger partial charge >= 0.3 is 88.7 Å². The first kappa shape index (κ1) is 24.4. The van der Waals surface area contributed by atoms with E-state index < -0.39 is 29.0 Å². The number of carboxylic acid groups (broad SMARTS) is 3. The van der Waals surface area contributed by atoms with E-state index >= 15 is 0 Å². The van der Waals surface area contributed by atoms with Gasteiger partial charge in [0.2, 0.25) is 0 Å². The van der Waals surface area contributed by atoms with E-state index in [1.54, 1.807) is 0 Å². The molecule has 0 fully saturated rings. The molecule has 0 saturated carbocycles. The maximum absolute atomic E-state index is 11.0. The van der Waals surface area contributed by atoms with E-state index in [9.17, 15) is 29.7 Å². The minimum absolute atomic E-state index is 0. The van der Waals surface area contributed by atoms with Crippen LogP contribution >= 0.6 is 0 Å². The Balaban J connectivity index is 0. The van der Waals surface area contributed by atoms with Gasteiger partial charge in [0.05, 0.1) is 17.9 Å². The zero-order valence-corrected chi connectivity index (χ0v) is 18.3. The predicted octanol–water partition coefficient (Wildman–Crippen LogP) is -11.1. The number of carboxylic acids is 3. The topological polar surface area (TPSA) is 120 Å². The second kappa shape index (κ2) is 10.1. The van der Waals surface area contributed by atoms with Gasteiger partial charge in [-0.2, -0.15) is 0 Å². The summed E-state index contributed by atoms with van der Waals surface area (Å²) in [6, 6.07) is 5.83. The smallest absolute Gasteiger partial charge is 0.545 e. The normalized spacial score (nSPS) is 8.91. The van der Waals surface area contributed by atoms with Crippen molar-refractivity contribution in [2.75, 3.05) is 0 Å². The fourth-order valence-electron chi connectivity index (χ4n) is 1.85. The van der Waals surface area contributed by atoms with Crippen molar-refractivity contribution in [3.8, 4) is 0 Å². The summed E-state index contributed by atoms with van der Waals surface area (Å²) >= 11 is 0. The first-order valence-corrected chi connectivity index (χ1v) is 5.12. The Morgan fingerprint density at radius 3 is 1.77 bits per heavy atom. The van der Waals surface area contributed by atoms with E-state index in [1.807, 2.05) is 0 Å². The largest absolute Gasteiger partial charge is 1.00 e. The van der Waals surface area contributed by atoms with Crippen LogP contribution in [0.25, 0.3) is 10.8 Å². The molecule has 2 aromatic carbocycles. The second-order valence-corrected chi connectivity index (χ2v) is 3.79. The SMILES string of the molecule is O=C([O-])c1ccc2c(C(=O)[O-])c(C(=O)[O-])ccc2c1.[Na+].[Na+].[Na+]. The van der Waals surface area contributed by atoms with Crippen LogP contribution in [0.4, 0.5) is 0 Å². The van der Waals surface area contributed by atoms with Crippen molar-refractivity contribution in [2.24, 2.45) is 0 Å². The number of hydrogen-bond donors (Lipinski definition) is 0. The maximum Gasteiger partial charge on any atom is 1.00 e. The molecule has 9 heteroatoms. The molecule has 0 amide bonds. The molecule has 0 bridgehead atoms. The maximum atomic E-state index is 11.0. The van der Waals surface area contributed by atoms with E-state index in [2.05, 4.69) is 0 Å². The van der Waals surface area contributed by atoms with Gasteiger partial charge in [-0.3, -0.25) is 0 Å². The van der Waals surface area contributed by atoms with Gasteiger partial charge in [-0.1, -0.05) is 24.3 Å². The van der Waals surface area contributed by atoms with E-state index in [-0.39, 0.29) is 105 Å². The molecule has 2 rings (SSSR count). The molecular weight excluding hydrogens is 321 g/mol. The van der Waals surface area contributed by atoms with Crippen molar-refractivity contribution in [3.05, 3.63) is 47.0 Å². The van der Waals surface area contributed by atoms with Gasteiger partial charge in [0, 0.05) is 11.1 Å². The van der Waals surface area contributed by atoms with Crippen molar-refractivity contribution >= 4 is 28.7 Å². The first-order chi connectivity index (χ1) is 8.91. The standard InChI is InChI=1S/C13H8O6.3Na/c14-11(15)7-2-3-8-6(5-7)1-4-9(12(16)17)10(8)13(18)19;;;/h1-5H,(H,14,15)(H,16,17)(H,18,19);;;/q;3*+1/p-3. The van der Waals surface area contributed by atoms with Gasteiger partial charge in [-0.25, -0.2) is 0 Å². The number of aromatic carboxylic acids is 3.